The Hall–Kier alpha value is -2.68. The molecule has 1 aromatic heterocycles. The number of fused-ring (bicyclic) bond motifs is 1. The summed E-state index contributed by atoms with van der Waals surface area (Å²) in [6.45, 7) is 0. The van der Waals surface area contributed by atoms with Crippen molar-refractivity contribution in [3.8, 4) is 0 Å². The summed E-state index contributed by atoms with van der Waals surface area (Å²) in [5, 5.41) is 2.22. The molecular weight excluding hydrogens is 260 g/mol. The summed E-state index contributed by atoms with van der Waals surface area (Å²) in [6, 6.07) is 17.8. The first-order valence-electron chi connectivity index (χ1n) is 6.91. The summed E-state index contributed by atoms with van der Waals surface area (Å²) in [7, 11) is 0. The van der Waals surface area contributed by atoms with Crippen LogP contribution in [0.1, 0.15) is 17.0 Å². The molecule has 0 spiro atoms. The van der Waals surface area contributed by atoms with Crippen LogP contribution in [0.4, 0.5) is 0 Å². The summed E-state index contributed by atoms with van der Waals surface area (Å²) in [5.41, 5.74) is 7.64. The van der Waals surface area contributed by atoms with E-state index in [2.05, 4.69) is 11.1 Å². The Balaban J connectivity index is 1.93. The first kappa shape index (κ1) is 13.3. The van der Waals surface area contributed by atoms with E-state index in [0.29, 0.717) is 6.42 Å². The van der Waals surface area contributed by atoms with Gasteiger partial charge in [0.25, 0.3) is 0 Å². The number of carbonyl (C=O) groups excluding carboxylic acids is 1. The van der Waals surface area contributed by atoms with Gasteiger partial charge in [0.15, 0.2) is 0 Å². The molecular formula is C18H16N2O. The number of benzene rings is 2. The first-order chi connectivity index (χ1) is 10.2. The third-order valence-electron chi connectivity index (χ3n) is 3.69. The zero-order valence-corrected chi connectivity index (χ0v) is 11.6. The highest BCUT2D eigenvalue weighted by Gasteiger charge is 2.18. The lowest BCUT2D eigenvalue weighted by Crippen LogP contribution is -2.23. The fourth-order valence-corrected chi connectivity index (χ4v) is 2.56. The normalized spacial score (nSPS) is 12.2. The SMILES string of the molecule is NC(=O)C(Cc1ccc2cnccc2c1)c1ccccc1. The lowest BCUT2D eigenvalue weighted by molar-refractivity contribution is -0.119. The van der Waals surface area contributed by atoms with Crippen molar-refractivity contribution in [3.63, 3.8) is 0 Å². The molecule has 1 unspecified atom stereocenters. The topological polar surface area (TPSA) is 56.0 Å². The Morgan fingerprint density at radius 1 is 1.05 bits per heavy atom. The maximum Gasteiger partial charge on any atom is 0.225 e. The molecule has 0 radical (unpaired) electrons. The van der Waals surface area contributed by atoms with Crippen LogP contribution in [0.2, 0.25) is 0 Å². The van der Waals surface area contributed by atoms with Gasteiger partial charge in [-0.25, -0.2) is 0 Å². The number of carbonyl (C=O) groups is 1. The van der Waals surface area contributed by atoms with Crippen LogP contribution in [0.25, 0.3) is 10.8 Å². The van der Waals surface area contributed by atoms with Crippen LogP contribution in [0.3, 0.4) is 0 Å². The molecule has 0 aliphatic carbocycles. The van der Waals surface area contributed by atoms with Crippen LogP contribution < -0.4 is 5.73 Å². The number of hydrogen-bond acceptors (Lipinski definition) is 2. The Morgan fingerprint density at radius 3 is 2.62 bits per heavy atom. The standard InChI is InChI=1S/C18H16N2O/c19-18(21)17(14-4-2-1-3-5-14)11-13-6-7-16-12-20-9-8-15(16)10-13/h1-10,12,17H,11H2,(H2,19,21). The number of hydrogen-bond donors (Lipinski definition) is 1. The molecule has 1 atom stereocenters. The minimum absolute atomic E-state index is 0.295. The van der Waals surface area contributed by atoms with E-state index in [-0.39, 0.29) is 11.8 Å². The van der Waals surface area contributed by atoms with Crippen LogP contribution >= 0.6 is 0 Å². The number of amides is 1. The quantitative estimate of drug-likeness (QED) is 0.796. The van der Waals surface area contributed by atoms with Crippen molar-refractivity contribution in [1.82, 2.24) is 4.98 Å². The monoisotopic (exact) mass is 276 g/mol. The van der Waals surface area contributed by atoms with Gasteiger partial charge in [-0.1, -0.05) is 48.5 Å². The highest BCUT2D eigenvalue weighted by Crippen LogP contribution is 2.23. The zero-order valence-electron chi connectivity index (χ0n) is 11.6. The van der Waals surface area contributed by atoms with Crippen LogP contribution in [0.5, 0.6) is 0 Å². The summed E-state index contributed by atoms with van der Waals surface area (Å²) in [6.07, 6.45) is 4.22. The third-order valence-corrected chi connectivity index (χ3v) is 3.69. The number of nitrogens with zero attached hydrogens (tertiary/aromatic N) is 1. The fourth-order valence-electron chi connectivity index (χ4n) is 2.56. The molecule has 0 saturated heterocycles. The maximum absolute atomic E-state index is 11.8. The number of primary amides is 1. The van der Waals surface area contributed by atoms with Gasteiger partial charge in [0.05, 0.1) is 5.92 Å². The van der Waals surface area contributed by atoms with Gasteiger partial charge >= 0.3 is 0 Å². The molecule has 3 nitrogen and oxygen atoms in total. The van der Waals surface area contributed by atoms with Crippen molar-refractivity contribution in [1.29, 1.82) is 0 Å². The minimum Gasteiger partial charge on any atom is -0.369 e. The number of aromatic nitrogens is 1. The summed E-state index contributed by atoms with van der Waals surface area (Å²) < 4.78 is 0. The molecule has 0 fully saturated rings. The van der Waals surface area contributed by atoms with Gasteiger partial charge in [-0.3, -0.25) is 9.78 Å². The maximum atomic E-state index is 11.8. The van der Waals surface area contributed by atoms with E-state index < -0.39 is 0 Å². The Labute approximate surface area is 123 Å². The lowest BCUT2D eigenvalue weighted by atomic mass is 9.91. The van der Waals surface area contributed by atoms with Gasteiger partial charge in [0.2, 0.25) is 5.91 Å². The van der Waals surface area contributed by atoms with Crippen LogP contribution in [-0.4, -0.2) is 10.9 Å². The third kappa shape index (κ3) is 2.92. The van der Waals surface area contributed by atoms with E-state index in [0.717, 1.165) is 21.9 Å². The fraction of sp³-hybridized carbons (Fsp3) is 0.111. The van der Waals surface area contributed by atoms with Crippen molar-refractivity contribution in [2.45, 2.75) is 12.3 Å². The second-order valence-corrected chi connectivity index (χ2v) is 5.13. The van der Waals surface area contributed by atoms with Crippen LogP contribution in [0.15, 0.2) is 67.0 Å². The highest BCUT2D eigenvalue weighted by molar-refractivity contribution is 5.84. The molecule has 2 aromatic carbocycles. The smallest absolute Gasteiger partial charge is 0.225 e. The van der Waals surface area contributed by atoms with Crippen molar-refractivity contribution < 1.29 is 4.79 Å². The summed E-state index contributed by atoms with van der Waals surface area (Å²) in [4.78, 5) is 15.9. The van der Waals surface area contributed by atoms with Crippen LogP contribution in [-0.2, 0) is 11.2 Å². The van der Waals surface area contributed by atoms with Crippen LogP contribution in [0, 0.1) is 0 Å². The van der Waals surface area contributed by atoms with Gasteiger partial charge < -0.3 is 5.73 Å². The average Bonchev–Trinajstić information content (AvgIpc) is 2.53. The summed E-state index contributed by atoms with van der Waals surface area (Å²) in [5.74, 6) is -0.596. The van der Waals surface area contributed by atoms with E-state index in [4.69, 9.17) is 5.73 Å². The van der Waals surface area contributed by atoms with Crippen molar-refractivity contribution in [2.75, 3.05) is 0 Å². The Bertz CT molecular complexity index is 768. The van der Waals surface area contributed by atoms with Crippen molar-refractivity contribution in [3.05, 3.63) is 78.1 Å². The average molecular weight is 276 g/mol. The second-order valence-electron chi connectivity index (χ2n) is 5.13. The van der Waals surface area contributed by atoms with Crippen molar-refractivity contribution >= 4 is 16.7 Å². The molecule has 0 saturated carbocycles. The predicted molar refractivity (Wildman–Crippen MR) is 83.8 cm³/mol. The second kappa shape index (κ2) is 5.75. The van der Waals surface area contributed by atoms with Gasteiger partial charge in [0, 0.05) is 17.8 Å². The van der Waals surface area contributed by atoms with Crippen molar-refractivity contribution in [2.24, 2.45) is 5.73 Å². The predicted octanol–water partition coefficient (Wildman–Crippen LogP) is 3.05. The molecule has 1 amide bonds. The molecule has 3 heteroatoms. The molecule has 104 valence electrons. The van der Waals surface area contributed by atoms with E-state index in [1.54, 1.807) is 6.20 Å². The van der Waals surface area contributed by atoms with E-state index in [9.17, 15) is 4.79 Å². The number of rotatable bonds is 4. The van der Waals surface area contributed by atoms with Gasteiger partial charge in [-0.2, -0.15) is 0 Å². The van der Waals surface area contributed by atoms with E-state index >= 15 is 0 Å². The molecule has 3 rings (SSSR count). The molecule has 0 bridgehead atoms. The molecule has 0 aliphatic heterocycles. The molecule has 0 aliphatic rings. The highest BCUT2D eigenvalue weighted by atomic mass is 16.1. The van der Waals surface area contributed by atoms with Gasteiger partial charge in [-0.15, -0.1) is 0 Å². The molecule has 1 heterocycles. The lowest BCUT2D eigenvalue weighted by Gasteiger charge is -2.14. The largest absolute Gasteiger partial charge is 0.369 e. The molecule has 2 N–H and O–H groups in total. The Kier molecular flexibility index (Phi) is 3.65. The molecule has 21 heavy (non-hydrogen) atoms. The summed E-state index contributed by atoms with van der Waals surface area (Å²) >= 11 is 0. The minimum atomic E-state index is -0.300. The van der Waals surface area contributed by atoms with E-state index in [1.165, 1.54) is 0 Å². The van der Waals surface area contributed by atoms with E-state index in [1.807, 2.05) is 54.7 Å². The number of pyridine rings is 1. The zero-order chi connectivity index (χ0) is 14.7. The van der Waals surface area contributed by atoms with Gasteiger partial charge in [-0.05, 0) is 29.0 Å². The van der Waals surface area contributed by atoms with Gasteiger partial charge in [0.1, 0.15) is 0 Å². The molecule has 3 aromatic rings. The number of nitrogens with two attached hydrogens (primary N) is 1. The Morgan fingerprint density at radius 2 is 1.86 bits per heavy atom. The first-order valence-corrected chi connectivity index (χ1v) is 6.91.